The topological polar surface area (TPSA) is 93.9 Å². The van der Waals surface area contributed by atoms with E-state index < -0.39 is 17.7 Å². The van der Waals surface area contributed by atoms with Gasteiger partial charge in [-0.15, -0.1) is 0 Å². The Labute approximate surface area is 143 Å². The fourth-order valence-corrected chi connectivity index (χ4v) is 2.01. The van der Waals surface area contributed by atoms with Gasteiger partial charge >= 0.3 is 6.09 Å². The van der Waals surface area contributed by atoms with Gasteiger partial charge in [-0.05, 0) is 31.9 Å². The molecule has 0 fully saturated rings. The maximum atomic E-state index is 12.4. The van der Waals surface area contributed by atoms with Crippen LogP contribution in [0.5, 0.6) is 0 Å². The second kappa shape index (κ2) is 8.65. The second-order valence-corrected chi connectivity index (χ2v) is 6.44. The van der Waals surface area contributed by atoms with Gasteiger partial charge in [0, 0.05) is 20.0 Å². The first-order chi connectivity index (χ1) is 11.2. The molecule has 7 nitrogen and oxygen atoms in total. The number of carbonyl (C=O) groups is 2. The van der Waals surface area contributed by atoms with Crippen molar-refractivity contribution in [3.63, 3.8) is 0 Å². The molecule has 2 amide bonds. The van der Waals surface area contributed by atoms with E-state index in [9.17, 15) is 9.59 Å². The summed E-state index contributed by atoms with van der Waals surface area (Å²) in [6.07, 6.45) is -0.333. The van der Waals surface area contributed by atoms with Crippen LogP contribution in [-0.4, -0.2) is 42.9 Å². The summed E-state index contributed by atoms with van der Waals surface area (Å²) in [7, 11) is 2.88. The molecule has 7 heteroatoms. The van der Waals surface area contributed by atoms with Gasteiger partial charge in [0.25, 0.3) is 5.91 Å². The summed E-state index contributed by atoms with van der Waals surface area (Å²) >= 11 is 0. The van der Waals surface area contributed by atoms with Gasteiger partial charge in [-0.1, -0.05) is 24.3 Å². The molecule has 0 bridgehead atoms. The third-order valence-corrected chi connectivity index (χ3v) is 3.27. The zero-order valence-corrected chi connectivity index (χ0v) is 15.0. The van der Waals surface area contributed by atoms with Gasteiger partial charge in [0.05, 0.1) is 7.11 Å². The molecule has 1 aromatic carbocycles. The van der Waals surface area contributed by atoms with Gasteiger partial charge in [0.15, 0.2) is 0 Å². The second-order valence-electron chi connectivity index (χ2n) is 6.44. The third kappa shape index (κ3) is 6.55. The number of nitrogens with one attached hydrogen (secondary N) is 1. The number of nitrogens with two attached hydrogens (primary N) is 1. The van der Waals surface area contributed by atoms with Crippen molar-refractivity contribution in [2.24, 2.45) is 5.73 Å². The van der Waals surface area contributed by atoms with Crippen LogP contribution in [-0.2, 0) is 27.3 Å². The van der Waals surface area contributed by atoms with E-state index in [2.05, 4.69) is 5.32 Å². The molecular weight excluding hydrogens is 310 g/mol. The van der Waals surface area contributed by atoms with Gasteiger partial charge in [-0.25, -0.2) is 9.86 Å². The van der Waals surface area contributed by atoms with E-state index in [1.165, 1.54) is 14.2 Å². The summed E-state index contributed by atoms with van der Waals surface area (Å²) < 4.78 is 5.23. The molecule has 1 atom stereocenters. The number of ether oxygens (including phenoxy) is 1. The van der Waals surface area contributed by atoms with Crippen LogP contribution in [0.2, 0.25) is 0 Å². The summed E-state index contributed by atoms with van der Waals surface area (Å²) in [6, 6.07) is 6.75. The normalized spacial score (nSPS) is 12.4. The van der Waals surface area contributed by atoms with E-state index in [1.54, 1.807) is 20.8 Å². The number of carbonyl (C=O) groups excluding carboxylic acids is 2. The first kappa shape index (κ1) is 19.9. The molecule has 0 aliphatic heterocycles. The highest BCUT2D eigenvalue weighted by Gasteiger charge is 2.27. The van der Waals surface area contributed by atoms with E-state index in [1.807, 2.05) is 24.3 Å². The Morgan fingerprint density at radius 1 is 1.21 bits per heavy atom. The van der Waals surface area contributed by atoms with Crippen molar-refractivity contribution in [3.05, 3.63) is 35.4 Å². The maximum absolute atomic E-state index is 12.4. The molecule has 24 heavy (non-hydrogen) atoms. The monoisotopic (exact) mass is 337 g/mol. The molecule has 134 valence electrons. The van der Waals surface area contributed by atoms with E-state index in [0.717, 1.165) is 16.2 Å². The van der Waals surface area contributed by atoms with Crippen LogP contribution in [0.15, 0.2) is 24.3 Å². The number of alkyl carbamates (subject to hydrolysis) is 1. The fourth-order valence-electron chi connectivity index (χ4n) is 2.01. The van der Waals surface area contributed by atoms with E-state index in [-0.39, 0.29) is 5.91 Å². The average Bonchev–Trinajstić information content (AvgIpc) is 2.51. The lowest BCUT2D eigenvalue weighted by Crippen LogP contribution is -2.49. The minimum absolute atomic E-state index is 0.316. The molecule has 0 heterocycles. The lowest BCUT2D eigenvalue weighted by Gasteiger charge is -2.25. The summed E-state index contributed by atoms with van der Waals surface area (Å²) in [5, 5.41) is 3.69. The number of amides is 2. The van der Waals surface area contributed by atoms with Gasteiger partial charge < -0.3 is 15.8 Å². The van der Waals surface area contributed by atoms with Gasteiger partial charge in [-0.2, -0.15) is 0 Å². The molecule has 0 spiro atoms. The van der Waals surface area contributed by atoms with Crippen molar-refractivity contribution in [3.8, 4) is 0 Å². The Morgan fingerprint density at radius 3 is 2.21 bits per heavy atom. The summed E-state index contributed by atoms with van der Waals surface area (Å²) in [5.41, 5.74) is 6.83. The molecule has 0 radical (unpaired) electrons. The smallest absolute Gasteiger partial charge is 0.408 e. The third-order valence-electron chi connectivity index (χ3n) is 3.27. The lowest BCUT2D eigenvalue weighted by atomic mass is 10.0. The number of likely N-dealkylation sites (N-methyl/N-ethyl adjacent to an activating group) is 1. The van der Waals surface area contributed by atoms with Crippen LogP contribution < -0.4 is 11.1 Å². The zero-order valence-electron chi connectivity index (χ0n) is 15.0. The van der Waals surface area contributed by atoms with Crippen molar-refractivity contribution < 1.29 is 19.2 Å². The molecule has 0 saturated heterocycles. The van der Waals surface area contributed by atoms with Crippen LogP contribution in [0.1, 0.15) is 31.9 Å². The van der Waals surface area contributed by atoms with Crippen LogP contribution in [0, 0.1) is 0 Å². The molecule has 0 aliphatic rings. The molecule has 0 saturated carbocycles. The van der Waals surface area contributed by atoms with E-state index >= 15 is 0 Å². The van der Waals surface area contributed by atoms with Gasteiger partial charge in [0.2, 0.25) is 0 Å². The summed E-state index contributed by atoms with van der Waals surface area (Å²) in [5.74, 6) is -0.369. The molecule has 1 rings (SSSR count). The number of hydrogen-bond acceptors (Lipinski definition) is 5. The molecule has 1 aromatic rings. The number of benzene rings is 1. The predicted molar refractivity (Wildman–Crippen MR) is 91.0 cm³/mol. The van der Waals surface area contributed by atoms with Gasteiger partial charge in [-0.3, -0.25) is 9.63 Å². The standard InChI is InChI=1S/C17H27N3O4/c1-17(2,3)24-16(22)19-14(15(21)20(4)23-5)10-12-6-8-13(11-18)9-7-12/h6-9,14H,10-11,18H2,1-5H3,(H,19,22). The molecule has 1 unspecified atom stereocenters. The van der Waals surface area contributed by atoms with Crippen molar-refractivity contribution in [2.75, 3.05) is 14.2 Å². The Bertz CT molecular complexity index is 552. The molecular formula is C17H27N3O4. The quantitative estimate of drug-likeness (QED) is 0.769. The highest BCUT2D eigenvalue weighted by atomic mass is 16.7. The lowest BCUT2D eigenvalue weighted by molar-refractivity contribution is -0.171. The van der Waals surface area contributed by atoms with E-state index in [0.29, 0.717) is 13.0 Å². The average molecular weight is 337 g/mol. The Balaban J connectivity index is 2.87. The zero-order chi connectivity index (χ0) is 18.3. The Hall–Kier alpha value is -2.12. The number of nitrogens with zero attached hydrogens (tertiary/aromatic N) is 1. The minimum atomic E-state index is -0.798. The first-order valence-corrected chi connectivity index (χ1v) is 7.75. The minimum Gasteiger partial charge on any atom is -0.444 e. The van der Waals surface area contributed by atoms with Crippen molar-refractivity contribution in [1.29, 1.82) is 0 Å². The van der Waals surface area contributed by atoms with Crippen molar-refractivity contribution >= 4 is 12.0 Å². The predicted octanol–water partition coefficient (Wildman–Crippen LogP) is 1.60. The van der Waals surface area contributed by atoms with Crippen LogP contribution in [0.3, 0.4) is 0 Å². The van der Waals surface area contributed by atoms with Gasteiger partial charge in [0.1, 0.15) is 11.6 Å². The van der Waals surface area contributed by atoms with Crippen LogP contribution >= 0.6 is 0 Å². The first-order valence-electron chi connectivity index (χ1n) is 7.75. The van der Waals surface area contributed by atoms with Crippen molar-refractivity contribution in [2.45, 2.75) is 45.4 Å². The summed E-state index contributed by atoms with van der Waals surface area (Å²) in [4.78, 5) is 29.4. The van der Waals surface area contributed by atoms with Crippen LogP contribution in [0.25, 0.3) is 0 Å². The summed E-state index contributed by atoms with van der Waals surface area (Å²) in [6.45, 7) is 5.73. The molecule has 3 N–H and O–H groups in total. The maximum Gasteiger partial charge on any atom is 0.408 e. The Morgan fingerprint density at radius 2 is 1.75 bits per heavy atom. The largest absolute Gasteiger partial charge is 0.444 e. The number of rotatable bonds is 6. The molecule has 0 aromatic heterocycles. The highest BCUT2D eigenvalue weighted by molar-refractivity contribution is 5.85. The highest BCUT2D eigenvalue weighted by Crippen LogP contribution is 2.11. The number of hydrogen-bond donors (Lipinski definition) is 2. The fraction of sp³-hybridized carbons (Fsp3) is 0.529. The molecule has 0 aliphatic carbocycles. The Kier molecular flexibility index (Phi) is 7.18. The van der Waals surface area contributed by atoms with Crippen molar-refractivity contribution in [1.82, 2.24) is 10.4 Å². The SMILES string of the molecule is CON(C)C(=O)C(Cc1ccc(CN)cc1)NC(=O)OC(C)(C)C. The number of hydroxylamine groups is 2. The van der Waals surface area contributed by atoms with Crippen LogP contribution in [0.4, 0.5) is 4.79 Å². The van der Waals surface area contributed by atoms with E-state index in [4.69, 9.17) is 15.3 Å².